The van der Waals surface area contributed by atoms with E-state index in [1.165, 1.54) is 257 Å². The Morgan fingerprint density at radius 2 is 0.581 bits per heavy atom. The molecular weight excluding hydrogens is 1330 g/mol. The highest BCUT2D eigenvalue weighted by Gasteiger charge is 2.65. The topological polar surface area (TPSA) is 226 Å². The van der Waals surface area contributed by atoms with Gasteiger partial charge in [0.25, 0.3) is 0 Å². The number of aliphatic hydroxyl groups excluding tert-OH is 2. The molecule has 0 saturated carbocycles. The van der Waals surface area contributed by atoms with Gasteiger partial charge in [0.15, 0.2) is 24.4 Å². The molecule has 2 aliphatic rings. The molecule has 2 saturated heterocycles. The highest BCUT2D eigenvalue weighted by molar-refractivity contribution is 5.72. The molecule has 2 heterocycles. The summed E-state index contributed by atoms with van der Waals surface area (Å²) in [5, 5.41) is 22.2. The predicted molar refractivity (Wildman–Crippen MR) is 421 cm³/mol. The van der Waals surface area contributed by atoms with Gasteiger partial charge in [0.05, 0.1) is 6.61 Å². The fraction of sp³-hybridized carbons (Fsp3) is 0.932. The third-order valence-corrected chi connectivity index (χ3v) is 21.5. The average Bonchev–Trinajstić information content (AvgIpc) is 1.62. The number of rotatable bonds is 75. The first kappa shape index (κ1) is 97.7. The number of ether oxygens (including phenoxy) is 9. The second kappa shape index (κ2) is 68.6. The zero-order valence-corrected chi connectivity index (χ0v) is 68.5. The third-order valence-electron chi connectivity index (χ3n) is 21.5. The first-order valence-corrected chi connectivity index (χ1v) is 44.6. The van der Waals surface area contributed by atoms with Crippen LogP contribution in [0, 0.1) is 0 Å². The summed E-state index contributed by atoms with van der Waals surface area (Å²) >= 11 is 0. The summed E-state index contributed by atoms with van der Waals surface area (Å²) in [6.07, 6.45) is 56.2. The van der Waals surface area contributed by atoms with E-state index in [-0.39, 0.29) is 25.7 Å². The lowest BCUT2D eigenvalue weighted by Crippen LogP contribution is -2.65. The molecule has 9 atom stereocenters. The molecule has 0 radical (unpaired) electrons. The summed E-state index contributed by atoms with van der Waals surface area (Å²) in [5.41, 5.74) is 0. The highest BCUT2D eigenvalue weighted by atomic mass is 16.8. The van der Waals surface area contributed by atoms with Gasteiger partial charge in [-0.2, -0.15) is 0 Å². The first-order chi connectivity index (χ1) is 51.2. The van der Waals surface area contributed by atoms with Crippen LogP contribution in [-0.4, -0.2) is 121 Å². The molecule has 0 unspecified atom stereocenters. The van der Waals surface area contributed by atoms with E-state index in [1.807, 2.05) is 0 Å². The maximum atomic E-state index is 14.6. The van der Waals surface area contributed by atoms with Crippen molar-refractivity contribution < 1.29 is 81.6 Å². The second-order valence-corrected chi connectivity index (χ2v) is 31.5. The van der Waals surface area contributed by atoms with Gasteiger partial charge in [-0.05, 0) is 25.7 Å². The van der Waals surface area contributed by atoms with Gasteiger partial charge in [-0.25, -0.2) is 0 Å². The van der Waals surface area contributed by atoms with Crippen LogP contribution in [0.4, 0.5) is 0 Å². The minimum atomic E-state index is -2.47. The second-order valence-electron chi connectivity index (χ2n) is 31.5. The molecule has 2 aliphatic heterocycles. The van der Waals surface area contributed by atoms with Crippen LogP contribution in [0.3, 0.4) is 0 Å². The standard InChI is InChI=1S/C88H162O17/c1-7-11-15-19-23-27-31-35-39-43-47-51-55-59-63-67-78(92)97-72-77-83(102-80(94)69-65-61-57-53-49-45-41-37-33-29-25-21-17-13-9-3)86(103-81(95)70-66-62-58-54-50-46-42-38-34-30-26-22-18-14-10-4)88(104-77,105-87-85(100-75(6)91)84(99-74(5)90)82(96)76(71-89)101-87)73-98-79(93)68-64-60-56-52-48-44-40-36-32-28-24-20-16-12-8-2/h76-77,82-87,89,96H,7-73H2,1-6H3/t76-,77-,82-,83-,84+,85-,86+,87-,88+/m1/s1. The Labute approximate surface area is 641 Å². The maximum absolute atomic E-state index is 14.6. The SMILES string of the molecule is CCCCCCCCCCCCCCCCCC(=O)OC[C@H]1O[C@@](COC(=O)CCCCCCCCCCCCCCCCC)(O[C@H]2O[C@H](CO)[C@@H](O)[C@H](OC(C)=O)[C@H]2OC(C)=O)[C@@H](OC(=O)CCCCCCCCCCCCCCCCC)[C@@H]1OC(=O)CCCCCCCCCCCCCCCCC. The lowest BCUT2D eigenvalue weighted by Gasteiger charge is -2.45. The average molecular weight is 1490 g/mol. The summed E-state index contributed by atoms with van der Waals surface area (Å²) in [6, 6.07) is 0. The van der Waals surface area contributed by atoms with Crippen LogP contribution in [0.5, 0.6) is 0 Å². The number of carbonyl (C=O) groups is 6. The quantitative estimate of drug-likeness (QED) is 0.0328. The summed E-state index contributed by atoms with van der Waals surface area (Å²) in [5.74, 6) is -6.65. The number of carbonyl (C=O) groups excluding carboxylic acids is 6. The van der Waals surface area contributed by atoms with E-state index in [0.29, 0.717) is 25.7 Å². The van der Waals surface area contributed by atoms with E-state index in [9.17, 15) is 39.0 Å². The molecule has 0 amide bonds. The molecule has 0 spiro atoms. The van der Waals surface area contributed by atoms with Gasteiger partial charge in [-0.3, -0.25) is 28.8 Å². The smallest absolute Gasteiger partial charge is 0.306 e. The van der Waals surface area contributed by atoms with Gasteiger partial charge in [0.1, 0.15) is 31.5 Å². The van der Waals surface area contributed by atoms with E-state index < -0.39 is 110 Å². The summed E-state index contributed by atoms with van der Waals surface area (Å²) in [7, 11) is 0. The molecule has 0 aliphatic carbocycles. The summed E-state index contributed by atoms with van der Waals surface area (Å²) in [6.45, 7) is 9.10. The van der Waals surface area contributed by atoms with E-state index in [0.717, 1.165) is 117 Å². The molecule has 2 fully saturated rings. The van der Waals surface area contributed by atoms with Crippen molar-refractivity contribution in [3.63, 3.8) is 0 Å². The number of aliphatic hydroxyl groups is 2. The summed E-state index contributed by atoms with van der Waals surface area (Å²) in [4.78, 5) is 82.7. The van der Waals surface area contributed by atoms with E-state index in [4.69, 9.17) is 42.6 Å². The van der Waals surface area contributed by atoms with Gasteiger partial charge >= 0.3 is 35.8 Å². The minimum absolute atomic E-state index is 0.0166. The minimum Gasteiger partial charge on any atom is -0.463 e. The largest absolute Gasteiger partial charge is 0.463 e. The molecular formula is C88H162O17. The predicted octanol–water partition coefficient (Wildman–Crippen LogP) is 23.0. The van der Waals surface area contributed by atoms with Crippen LogP contribution in [0.1, 0.15) is 452 Å². The molecule has 17 heteroatoms. The van der Waals surface area contributed by atoms with Crippen LogP contribution >= 0.6 is 0 Å². The Bertz CT molecular complexity index is 2070. The molecule has 2 N–H and O–H groups in total. The molecule has 0 bridgehead atoms. The Hall–Kier alpha value is -3.38. The fourth-order valence-electron chi connectivity index (χ4n) is 15.0. The monoisotopic (exact) mass is 1490 g/mol. The zero-order valence-electron chi connectivity index (χ0n) is 68.5. The Kier molecular flexibility index (Phi) is 63.9. The third kappa shape index (κ3) is 51.7. The molecule has 0 aromatic carbocycles. The maximum Gasteiger partial charge on any atom is 0.306 e. The molecule has 2 rings (SSSR count). The highest BCUT2D eigenvalue weighted by Crippen LogP contribution is 2.42. The number of hydrogen-bond donors (Lipinski definition) is 2. The Morgan fingerprint density at radius 1 is 0.314 bits per heavy atom. The van der Waals surface area contributed by atoms with Crippen molar-refractivity contribution in [1.82, 2.24) is 0 Å². The zero-order chi connectivity index (χ0) is 76.3. The number of esters is 6. The van der Waals surface area contributed by atoms with Crippen LogP contribution in [0.15, 0.2) is 0 Å². The van der Waals surface area contributed by atoms with Gasteiger partial charge in [0, 0.05) is 39.5 Å². The van der Waals surface area contributed by atoms with Gasteiger partial charge < -0.3 is 52.8 Å². The van der Waals surface area contributed by atoms with Crippen LogP contribution in [0.2, 0.25) is 0 Å². The van der Waals surface area contributed by atoms with E-state index in [1.54, 1.807) is 0 Å². The number of unbranched alkanes of at least 4 members (excludes halogenated alkanes) is 56. The van der Waals surface area contributed by atoms with Crippen LogP contribution in [-0.2, 0) is 71.4 Å². The van der Waals surface area contributed by atoms with E-state index in [2.05, 4.69) is 27.7 Å². The lowest BCUT2D eigenvalue weighted by atomic mass is 9.98. The van der Waals surface area contributed by atoms with Crippen molar-refractivity contribution in [2.75, 3.05) is 19.8 Å². The Balaban J connectivity index is 2.47. The number of hydrogen-bond acceptors (Lipinski definition) is 17. The van der Waals surface area contributed by atoms with Crippen molar-refractivity contribution in [2.24, 2.45) is 0 Å². The van der Waals surface area contributed by atoms with Crippen LogP contribution in [0.25, 0.3) is 0 Å². The van der Waals surface area contributed by atoms with Crippen LogP contribution < -0.4 is 0 Å². The summed E-state index contributed by atoms with van der Waals surface area (Å²) < 4.78 is 56.3. The molecule has 105 heavy (non-hydrogen) atoms. The van der Waals surface area contributed by atoms with Gasteiger partial charge in [-0.15, -0.1) is 0 Å². The molecule has 17 nitrogen and oxygen atoms in total. The Morgan fingerprint density at radius 3 is 0.876 bits per heavy atom. The molecule has 0 aromatic heterocycles. The van der Waals surface area contributed by atoms with Crippen molar-refractivity contribution in [2.45, 2.75) is 507 Å². The van der Waals surface area contributed by atoms with Crippen molar-refractivity contribution in [1.29, 1.82) is 0 Å². The van der Waals surface area contributed by atoms with Crippen molar-refractivity contribution >= 4 is 35.8 Å². The van der Waals surface area contributed by atoms with E-state index >= 15 is 0 Å². The van der Waals surface area contributed by atoms with Crippen molar-refractivity contribution in [3.8, 4) is 0 Å². The first-order valence-electron chi connectivity index (χ1n) is 44.6. The molecule has 0 aromatic rings. The van der Waals surface area contributed by atoms with Gasteiger partial charge in [-0.1, -0.05) is 387 Å². The normalized spacial score (nSPS) is 20.1. The lowest BCUT2D eigenvalue weighted by molar-refractivity contribution is -0.384. The molecule has 616 valence electrons. The van der Waals surface area contributed by atoms with Gasteiger partial charge in [0.2, 0.25) is 12.1 Å². The fourth-order valence-corrected chi connectivity index (χ4v) is 15.0. The van der Waals surface area contributed by atoms with Crippen molar-refractivity contribution in [3.05, 3.63) is 0 Å².